The molecule has 4 rings (SSSR count). The summed E-state index contributed by atoms with van der Waals surface area (Å²) < 4.78 is 42.2. The monoisotopic (exact) mass is 710 g/mol. The molecule has 12 heteroatoms. The Labute approximate surface area is 283 Å². The summed E-state index contributed by atoms with van der Waals surface area (Å²) in [6.07, 6.45) is 0.566. The Morgan fingerprint density at radius 1 is 0.778 bits per heavy atom. The quantitative estimate of drug-likeness (QED) is 0.159. The number of halogens is 5. The standard InChI is InChI=1S/C33H31Cl4FN2O4S/c1-21(2)11-12-40(45(43,44)31-17-28(36)16-30(37)32(31)41)20-23-3-7-25(8-4-23)33(42)39(18-22-5-9-29(38)10-6-22)19-24-13-26(34)15-27(35)14-24/h3-10,13-17,21,41H,11-12,18-20H2,1-2H3. The number of sulfonamides is 1. The Morgan fingerprint density at radius 3 is 1.91 bits per heavy atom. The summed E-state index contributed by atoms with van der Waals surface area (Å²) >= 11 is 24.5. The van der Waals surface area contributed by atoms with Crippen molar-refractivity contribution >= 4 is 62.3 Å². The highest BCUT2D eigenvalue weighted by atomic mass is 35.5. The molecule has 0 fully saturated rings. The molecule has 0 saturated heterocycles. The van der Waals surface area contributed by atoms with E-state index in [1.807, 2.05) is 13.8 Å². The molecular formula is C33H31Cl4FN2O4S. The van der Waals surface area contributed by atoms with E-state index in [0.717, 1.165) is 11.1 Å². The van der Waals surface area contributed by atoms with Gasteiger partial charge in [0.25, 0.3) is 5.91 Å². The molecule has 1 N–H and O–H groups in total. The van der Waals surface area contributed by atoms with E-state index in [4.69, 9.17) is 46.4 Å². The minimum absolute atomic E-state index is 0.0204. The first-order valence-corrected chi connectivity index (χ1v) is 16.9. The van der Waals surface area contributed by atoms with Crippen molar-refractivity contribution in [3.05, 3.63) is 127 Å². The average Bonchev–Trinajstić information content (AvgIpc) is 2.97. The van der Waals surface area contributed by atoms with Crippen LogP contribution in [0.3, 0.4) is 0 Å². The van der Waals surface area contributed by atoms with Crippen molar-refractivity contribution in [3.63, 3.8) is 0 Å². The number of hydrogen-bond acceptors (Lipinski definition) is 4. The normalized spacial score (nSPS) is 11.8. The van der Waals surface area contributed by atoms with Gasteiger partial charge in [0.1, 0.15) is 10.7 Å². The highest BCUT2D eigenvalue weighted by Crippen LogP contribution is 2.36. The van der Waals surface area contributed by atoms with Crippen LogP contribution in [0.25, 0.3) is 0 Å². The van der Waals surface area contributed by atoms with Crippen molar-refractivity contribution < 1.29 is 22.7 Å². The van der Waals surface area contributed by atoms with Crippen LogP contribution >= 0.6 is 46.4 Å². The third kappa shape index (κ3) is 9.35. The lowest BCUT2D eigenvalue weighted by Crippen LogP contribution is -2.32. The van der Waals surface area contributed by atoms with E-state index >= 15 is 0 Å². The van der Waals surface area contributed by atoms with Crippen LogP contribution in [0.1, 0.15) is 47.3 Å². The molecule has 0 aliphatic carbocycles. The molecule has 1 amide bonds. The van der Waals surface area contributed by atoms with E-state index in [9.17, 15) is 22.7 Å². The van der Waals surface area contributed by atoms with Crippen molar-refractivity contribution in [2.45, 2.75) is 44.8 Å². The van der Waals surface area contributed by atoms with Gasteiger partial charge in [0.2, 0.25) is 10.0 Å². The molecular weight excluding hydrogens is 681 g/mol. The number of carbonyl (C=O) groups is 1. The third-order valence-corrected chi connectivity index (χ3v) is 9.80. The molecule has 0 aliphatic heterocycles. The number of aromatic hydroxyl groups is 1. The summed E-state index contributed by atoms with van der Waals surface area (Å²) in [5.41, 5.74) is 2.43. The molecule has 0 unspecified atom stereocenters. The molecule has 0 radical (unpaired) electrons. The van der Waals surface area contributed by atoms with Gasteiger partial charge in [0.15, 0.2) is 5.75 Å². The summed E-state index contributed by atoms with van der Waals surface area (Å²) in [5, 5.41) is 11.3. The second-order valence-corrected chi connectivity index (χ2v) is 14.6. The van der Waals surface area contributed by atoms with Crippen LogP contribution < -0.4 is 0 Å². The average molecular weight is 712 g/mol. The van der Waals surface area contributed by atoms with Gasteiger partial charge in [-0.1, -0.05) is 84.5 Å². The highest BCUT2D eigenvalue weighted by molar-refractivity contribution is 7.89. The molecule has 0 aliphatic rings. The van der Waals surface area contributed by atoms with Crippen molar-refractivity contribution in [1.29, 1.82) is 0 Å². The molecule has 0 saturated carbocycles. The maximum atomic E-state index is 13.8. The van der Waals surface area contributed by atoms with E-state index in [1.165, 1.54) is 28.6 Å². The fraction of sp³-hybridized carbons (Fsp3) is 0.242. The first kappa shape index (κ1) is 35.0. The maximum absolute atomic E-state index is 13.8. The van der Waals surface area contributed by atoms with Crippen LogP contribution in [0.2, 0.25) is 20.1 Å². The summed E-state index contributed by atoms with van der Waals surface area (Å²) in [6.45, 7) is 4.50. The number of nitrogens with zero attached hydrogens (tertiary/aromatic N) is 2. The van der Waals surface area contributed by atoms with Gasteiger partial charge in [-0.25, -0.2) is 12.8 Å². The van der Waals surface area contributed by atoms with Crippen LogP contribution in [0, 0.1) is 11.7 Å². The smallest absolute Gasteiger partial charge is 0.254 e. The fourth-order valence-corrected chi connectivity index (χ4v) is 7.39. The number of rotatable bonds is 12. The number of phenolic OH excluding ortho intramolecular Hbond substituents is 1. The van der Waals surface area contributed by atoms with Crippen LogP contribution in [0.5, 0.6) is 5.75 Å². The number of phenols is 1. The van der Waals surface area contributed by atoms with Gasteiger partial charge in [0, 0.05) is 46.8 Å². The Bertz CT molecular complexity index is 1750. The number of amides is 1. The molecule has 0 bridgehead atoms. The van der Waals surface area contributed by atoms with Crippen molar-refractivity contribution in [2.24, 2.45) is 5.92 Å². The number of benzene rings is 4. The molecule has 0 spiro atoms. The third-order valence-electron chi connectivity index (χ3n) is 7.00. The maximum Gasteiger partial charge on any atom is 0.254 e. The molecule has 0 atom stereocenters. The molecule has 6 nitrogen and oxygen atoms in total. The summed E-state index contributed by atoms with van der Waals surface area (Å²) in [7, 11) is -4.20. The van der Waals surface area contributed by atoms with Crippen LogP contribution in [0.4, 0.5) is 4.39 Å². The molecule has 238 valence electrons. The molecule has 0 heterocycles. The van der Waals surface area contributed by atoms with Gasteiger partial charge in [-0.15, -0.1) is 0 Å². The number of carbonyl (C=O) groups excluding carboxylic acids is 1. The van der Waals surface area contributed by atoms with Gasteiger partial charge in [-0.05, 0) is 83.6 Å². The topological polar surface area (TPSA) is 77.9 Å². The van der Waals surface area contributed by atoms with Gasteiger partial charge in [-0.3, -0.25) is 4.79 Å². The first-order valence-electron chi connectivity index (χ1n) is 14.0. The zero-order chi connectivity index (χ0) is 32.9. The molecule has 0 aromatic heterocycles. The van der Waals surface area contributed by atoms with E-state index in [2.05, 4.69) is 0 Å². The lowest BCUT2D eigenvalue weighted by atomic mass is 10.1. The molecule has 4 aromatic rings. The lowest BCUT2D eigenvalue weighted by Gasteiger charge is -2.25. The van der Waals surface area contributed by atoms with E-state index in [1.54, 1.807) is 59.5 Å². The van der Waals surface area contributed by atoms with E-state index in [0.29, 0.717) is 27.6 Å². The fourth-order valence-electron chi connectivity index (χ4n) is 4.64. The molecule has 4 aromatic carbocycles. The summed E-state index contributed by atoms with van der Waals surface area (Å²) in [6, 6.07) is 20.0. The Hall–Kier alpha value is -2.85. The predicted octanol–water partition coefficient (Wildman–Crippen LogP) is 9.22. The molecule has 45 heavy (non-hydrogen) atoms. The Kier molecular flexibility index (Phi) is 11.8. The first-order chi connectivity index (χ1) is 21.2. The van der Waals surface area contributed by atoms with Crippen LogP contribution in [-0.2, 0) is 29.7 Å². The van der Waals surface area contributed by atoms with Crippen molar-refractivity contribution in [3.8, 4) is 5.75 Å². The van der Waals surface area contributed by atoms with Gasteiger partial charge < -0.3 is 10.0 Å². The summed E-state index contributed by atoms with van der Waals surface area (Å²) in [5.74, 6) is -1.05. The van der Waals surface area contributed by atoms with Gasteiger partial charge in [-0.2, -0.15) is 4.31 Å². The Balaban J connectivity index is 1.61. The zero-order valence-corrected chi connectivity index (χ0v) is 28.3. The number of hydrogen-bond donors (Lipinski definition) is 1. The largest absolute Gasteiger partial charge is 0.505 e. The van der Waals surface area contributed by atoms with Gasteiger partial charge >= 0.3 is 0 Å². The van der Waals surface area contributed by atoms with Crippen LogP contribution in [-0.4, -0.2) is 35.2 Å². The van der Waals surface area contributed by atoms with E-state index in [-0.39, 0.29) is 58.8 Å². The second kappa shape index (κ2) is 15.2. The lowest BCUT2D eigenvalue weighted by molar-refractivity contribution is 0.0730. The minimum atomic E-state index is -4.20. The minimum Gasteiger partial charge on any atom is -0.505 e. The van der Waals surface area contributed by atoms with Crippen molar-refractivity contribution in [1.82, 2.24) is 9.21 Å². The van der Waals surface area contributed by atoms with Crippen LogP contribution in [0.15, 0.2) is 83.8 Å². The SMILES string of the molecule is CC(C)CCN(Cc1ccc(C(=O)N(Cc2ccc(F)cc2)Cc2cc(Cl)cc(Cl)c2)cc1)S(=O)(=O)c1cc(Cl)cc(Cl)c1O. The zero-order valence-electron chi connectivity index (χ0n) is 24.5. The second-order valence-electron chi connectivity index (χ2n) is 11.0. The Morgan fingerprint density at radius 2 is 1.31 bits per heavy atom. The van der Waals surface area contributed by atoms with Crippen molar-refractivity contribution in [2.75, 3.05) is 6.54 Å². The van der Waals surface area contributed by atoms with E-state index < -0.39 is 15.8 Å². The highest BCUT2D eigenvalue weighted by Gasteiger charge is 2.29. The predicted molar refractivity (Wildman–Crippen MR) is 178 cm³/mol. The summed E-state index contributed by atoms with van der Waals surface area (Å²) in [4.78, 5) is 15.0. The van der Waals surface area contributed by atoms with Gasteiger partial charge in [0.05, 0.1) is 5.02 Å².